The van der Waals surface area contributed by atoms with Crippen molar-refractivity contribution in [1.82, 2.24) is 4.90 Å². The van der Waals surface area contributed by atoms with E-state index in [2.05, 4.69) is 10.6 Å². The lowest BCUT2D eigenvalue weighted by atomic mass is 10.1. The van der Waals surface area contributed by atoms with E-state index in [1.54, 1.807) is 12.1 Å². The van der Waals surface area contributed by atoms with Crippen molar-refractivity contribution in [3.63, 3.8) is 0 Å². The zero-order valence-electron chi connectivity index (χ0n) is 16.8. The Morgan fingerprint density at radius 1 is 1.28 bits per heavy atom. The van der Waals surface area contributed by atoms with E-state index in [-0.39, 0.29) is 48.7 Å². The Morgan fingerprint density at radius 2 is 2.00 bits per heavy atom. The van der Waals surface area contributed by atoms with E-state index in [4.69, 9.17) is 9.84 Å². The number of nitrogens with zero attached hydrogens (tertiary/aromatic N) is 1. The van der Waals surface area contributed by atoms with E-state index in [1.165, 1.54) is 12.0 Å². The number of hydrogen-bond donors (Lipinski definition) is 3. The SMILES string of the molecule is COC(=O)C1=C(Nc2ccc(C)c(NC(=O)C3CCCC3)c2)C(=O)N(CCO)C1. The smallest absolute Gasteiger partial charge is 0.337 e. The Labute approximate surface area is 169 Å². The lowest BCUT2D eigenvalue weighted by Gasteiger charge is -2.16. The molecule has 0 atom stereocenters. The molecule has 1 fully saturated rings. The molecule has 2 aliphatic rings. The van der Waals surface area contributed by atoms with Crippen molar-refractivity contribution in [2.24, 2.45) is 5.92 Å². The molecule has 1 heterocycles. The minimum Gasteiger partial charge on any atom is -0.466 e. The fourth-order valence-corrected chi connectivity index (χ4v) is 3.75. The topological polar surface area (TPSA) is 108 Å². The first-order chi connectivity index (χ1) is 13.9. The van der Waals surface area contributed by atoms with Crippen molar-refractivity contribution in [3.8, 4) is 0 Å². The van der Waals surface area contributed by atoms with Crippen molar-refractivity contribution in [2.45, 2.75) is 32.6 Å². The minimum atomic E-state index is -0.594. The van der Waals surface area contributed by atoms with Gasteiger partial charge in [-0.2, -0.15) is 0 Å². The van der Waals surface area contributed by atoms with Crippen LogP contribution in [0.3, 0.4) is 0 Å². The number of amides is 2. The van der Waals surface area contributed by atoms with Gasteiger partial charge in [0.1, 0.15) is 5.70 Å². The predicted octanol–water partition coefficient (Wildman–Crippen LogP) is 1.80. The van der Waals surface area contributed by atoms with Gasteiger partial charge in [0.15, 0.2) is 0 Å². The number of aliphatic hydroxyl groups is 1. The first-order valence-corrected chi connectivity index (χ1v) is 9.84. The van der Waals surface area contributed by atoms with E-state index in [0.717, 1.165) is 31.2 Å². The molecule has 1 aromatic rings. The third-order valence-corrected chi connectivity index (χ3v) is 5.44. The molecule has 3 N–H and O–H groups in total. The van der Waals surface area contributed by atoms with Crippen LogP contribution in [0.15, 0.2) is 29.5 Å². The molecular formula is C21H27N3O5. The van der Waals surface area contributed by atoms with Crippen LogP contribution >= 0.6 is 0 Å². The summed E-state index contributed by atoms with van der Waals surface area (Å²) in [4.78, 5) is 38.6. The monoisotopic (exact) mass is 401 g/mol. The Kier molecular flexibility index (Phi) is 6.53. The molecule has 156 valence electrons. The van der Waals surface area contributed by atoms with Crippen LogP contribution in [0, 0.1) is 12.8 Å². The highest BCUT2D eigenvalue weighted by Gasteiger charge is 2.34. The van der Waals surface area contributed by atoms with Crippen molar-refractivity contribution < 1.29 is 24.2 Å². The second kappa shape index (κ2) is 9.09. The van der Waals surface area contributed by atoms with E-state index in [0.29, 0.717) is 11.4 Å². The minimum absolute atomic E-state index is 0.0169. The van der Waals surface area contributed by atoms with Gasteiger partial charge in [0.25, 0.3) is 5.91 Å². The van der Waals surface area contributed by atoms with Crippen LogP contribution in [0.25, 0.3) is 0 Å². The quantitative estimate of drug-likeness (QED) is 0.602. The second-order valence-corrected chi connectivity index (χ2v) is 7.42. The van der Waals surface area contributed by atoms with Gasteiger partial charge in [-0.3, -0.25) is 9.59 Å². The van der Waals surface area contributed by atoms with Crippen molar-refractivity contribution >= 4 is 29.2 Å². The summed E-state index contributed by atoms with van der Waals surface area (Å²) in [6.07, 6.45) is 3.98. The summed E-state index contributed by atoms with van der Waals surface area (Å²) in [6, 6.07) is 5.38. The first-order valence-electron chi connectivity index (χ1n) is 9.84. The van der Waals surface area contributed by atoms with Gasteiger partial charge in [-0.25, -0.2) is 4.79 Å². The number of aliphatic hydroxyl groups excluding tert-OH is 1. The third kappa shape index (κ3) is 4.59. The molecule has 0 aromatic heterocycles. The molecule has 0 spiro atoms. The summed E-state index contributed by atoms with van der Waals surface area (Å²) in [5.41, 5.74) is 2.49. The van der Waals surface area contributed by atoms with Crippen LogP contribution in [0.2, 0.25) is 0 Å². The van der Waals surface area contributed by atoms with Crippen LogP contribution in [0.4, 0.5) is 11.4 Å². The second-order valence-electron chi connectivity index (χ2n) is 7.42. The van der Waals surface area contributed by atoms with E-state index in [9.17, 15) is 14.4 Å². The van der Waals surface area contributed by atoms with Gasteiger partial charge in [0.2, 0.25) is 5.91 Å². The average Bonchev–Trinajstić information content (AvgIpc) is 3.35. The van der Waals surface area contributed by atoms with Gasteiger partial charge in [-0.1, -0.05) is 18.9 Å². The van der Waals surface area contributed by atoms with Crippen LogP contribution < -0.4 is 10.6 Å². The summed E-state index contributed by atoms with van der Waals surface area (Å²) in [5.74, 6) is -0.911. The van der Waals surface area contributed by atoms with Gasteiger partial charge < -0.3 is 25.4 Å². The zero-order chi connectivity index (χ0) is 21.0. The average molecular weight is 401 g/mol. The Hall–Kier alpha value is -2.87. The van der Waals surface area contributed by atoms with Crippen molar-refractivity contribution in [3.05, 3.63) is 35.0 Å². The van der Waals surface area contributed by atoms with Gasteiger partial charge >= 0.3 is 5.97 Å². The Balaban J connectivity index is 1.81. The number of rotatable bonds is 7. The van der Waals surface area contributed by atoms with Gasteiger partial charge in [0, 0.05) is 23.8 Å². The highest BCUT2D eigenvalue weighted by molar-refractivity contribution is 6.08. The standard InChI is InChI=1S/C21H27N3O5/c1-13-7-8-15(11-17(13)23-19(26)14-5-3-4-6-14)22-18-16(21(28)29-2)12-24(9-10-25)20(18)27/h7-8,11,14,22,25H,3-6,9-10,12H2,1-2H3,(H,23,26). The normalized spacial score (nSPS) is 17.1. The first kappa shape index (κ1) is 20.9. The van der Waals surface area contributed by atoms with Gasteiger partial charge in [0.05, 0.1) is 25.8 Å². The molecule has 1 aliphatic heterocycles. The fraction of sp³-hybridized carbons (Fsp3) is 0.476. The Bertz CT molecular complexity index is 843. The van der Waals surface area contributed by atoms with Crippen LogP contribution in [0.5, 0.6) is 0 Å². The molecule has 0 saturated heterocycles. The number of carbonyl (C=O) groups is 3. The molecular weight excluding hydrogens is 374 g/mol. The molecule has 0 bridgehead atoms. The third-order valence-electron chi connectivity index (χ3n) is 5.44. The fourth-order valence-electron chi connectivity index (χ4n) is 3.75. The number of esters is 1. The summed E-state index contributed by atoms with van der Waals surface area (Å²) < 4.78 is 4.79. The maximum absolute atomic E-state index is 12.7. The molecule has 1 saturated carbocycles. The molecule has 1 aliphatic carbocycles. The molecule has 29 heavy (non-hydrogen) atoms. The Morgan fingerprint density at radius 3 is 2.66 bits per heavy atom. The largest absolute Gasteiger partial charge is 0.466 e. The number of methoxy groups -OCH3 is 1. The van der Waals surface area contributed by atoms with Gasteiger partial charge in [-0.15, -0.1) is 0 Å². The number of anilines is 2. The molecule has 8 heteroatoms. The summed E-state index contributed by atoms with van der Waals surface area (Å²) in [7, 11) is 1.26. The van der Waals surface area contributed by atoms with E-state index >= 15 is 0 Å². The van der Waals surface area contributed by atoms with Crippen molar-refractivity contribution in [1.29, 1.82) is 0 Å². The number of ether oxygens (including phenoxy) is 1. The number of benzene rings is 1. The highest BCUT2D eigenvalue weighted by Crippen LogP contribution is 2.29. The van der Waals surface area contributed by atoms with Crippen molar-refractivity contribution in [2.75, 3.05) is 37.4 Å². The summed E-state index contributed by atoms with van der Waals surface area (Å²) >= 11 is 0. The molecule has 0 radical (unpaired) electrons. The predicted molar refractivity (Wildman–Crippen MR) is 108 cm³/mol. The number of hydrogen-bond acceptors (Lipinski definition) is 6. The summed E-state index contributed by atoms with van der Waals surface area (Å²) in [6.45, 7) is 1.90. The zero-order valence-corrected chi connectivity index (χ0v) is 16.8. The number of carbonyl (C=O) groups excluding carboxylic acids is 3. The molecule has 8 nitrogen and oxygen atoms in total. The lowest BCUT2D eigenvalue weighted by molar-refractivity contribution is -0.136. The maximum Gasteiger partial charge on any atom is 0.337 e. The number of nitrogens with one attached hydrogen (secondary N) is 2. The lowest BCUT2D eigenvalue weighted by Crippen LogP contribution is -2.31. The van der Waals surface area contributed by atoms with Crippen LogP contribution in [0.1, 0.15) is 31.2 Å². The van der Waals surface area contributed by atoms with Crippen LogP contribution in [-0.2, 0) is 19.1 Å². The molecule has 2 amide bonds. The summed E-state index contributed by atoms with van der Waals surface area (Å²) in [5, 5.41) is 15.2. The maximum atomic E-state index is 12.7. The van der Waals surface area contributed by atoms with Gasteiger partial charge in [-0.05, 0) is 37.5 Å². The molecule has 0 unspecified atom stereocenters. The molecule has 3 rings (SSSR count). The molecule has 1 aromatic carbocycles. The van der Waals surface area contributed by atoms with Crippen LogP contribution in [-0.4, -0.2) is 54.6 Å². The van der Waals surface area contributed by atoms with E-state index in [1.807, 2.05) is 13.0 Å². The number of β-amino-alcohol motifs (C(OH)–C–C–N with tert-alkyl or cyclic N) is 1. The highest BCUT2D eigenvalue weighted by atomic mass is 16.5. The number of aryl methyl sites for hydroxylation is 1. The van der Waals surface area contributed by atoms with E-state index < -0.39 is 5.97 Å².